The Bertz CT molecular complexity index is 669. The molecular formula is C26H41NO3S. The van der Waals surface area contributed by atoms with Gasteiger partial charge in [-0.05, 0) is 18.6 Å². The van der Waals surface area contributed by atoms with Crippen LogP contribution in [0.1, 0.15) is 130 Å². The molecule has 2 amide bonds. The fourth-order valence-electron chi connectivity index (χ4n) is 4.22. The maximum absolute atomic E-state index is 12.5. The van der Waals surface area contributed by atoms with Gasteiger partial charge in [-0.2, -0.15) is 4.31 Å². The topological polar surface area (TPSA) is 54.5 Å². The summed E-state index contributed by atoms with van der Waals surface area (Å²) >= 11 is 0. The first-order chi connectivity index (χ1) is 15.2. The summed E-state index contributed by atoms with van der Waals surface area (Å²) < 4.78 is 13.4. The molecule has 4 nitrogen and oxygen atoms in total. The second-order valence-electron chi connectivity index (χ2n) is 8.78. The number of benzene rings is 1. The summed E-state index contributed by atoms with van der Waals surface area (Å²) in [6.45, 7) is 2.27. The van der Waals surface area contributed by atoms with Gasteiger partial charge in [0.25, 0.3) is 11.8 Å². The van der Waals surface area contributed by atoms with Crippen LogP contribution >= 0.6 is 0 Å². The zero-order valence-electron chi connectivity index (χ0n) is 19.4. The van der Waals surface area contributed by atoms with Crippen molar-refractivity contribution in [3.05, 3.63) is 35.4 Å². The van der Waals surface area contributed by atoms with E-state index in [2.05, 4.69) is 6.92 Å². The van der Waals surface area contributed by atoms with Crippen LogP contribution in [0.3, 0.4) is 0 Å². The molecule has 1 atom stereocenters. The van der Waals surface area contributed by atoms with Crippen LogP contribution in [0.5, 0.6) is 0 Å². The molecule has 0 fully saturated rings. The Hall–Kier alpha value is -1.49. The molecule has 0 saturated carbocycles. The highest BCUT2D eigenvalue weighted by Crippen LogP contribution is 2.24. The number of imide groups is 1. The van der Waals surface area contributed by atoms with Gasteiger partial charge in [-0.1, -0.05) is 115 Å². The molecule has 0 N–H and O–H groups in total. The number of hydrogen-bond acceptors (Lipinski definition) is 3. The molecule has 1 unspecified atom stereocenters. The molecule has 1 heterocycles. The van der Waals surface area contributed by atoms with Crippen molar-refractivity contribution in [2.24, 2.45) is 0 Å². The minimum absolute atomic E-state index is 0.368. The van der Waals surface area contributed by atoms with E-state index in [1.54, 1.807) is 24.3 Å². The third-order valence-corrected chi connectivity index (χ3v) is 7.51. The molecule has 174 valence electrons. The van der Waals surface area contributed by atoms with Gasteiger partial charge in [0.2, 0.25) is 0 Å². The van der Waals surface area contributed by atoms with E-state index < -0.39 is 22.8 Å². The number of hydrogen-bond donors (Lipinski definition) is 0. The number of nitrogens with zero attached hydrogens (tertiary/aromatic N) is 1. The Labute approximate surface area is 191 Å². The monoisotopic (exact) mass is 447 g/mol. The first kappa shape index (κ1) is 25.8. The first-order valence-corrected chi connectivity index (χ1v) is 13.8. The molecule has 0 saturated heterocycles. The van der Waals surface area contributed by atoms with Crippen LogP contribution in [-0.4, -0.2) is 26.1 Å². The molecule has 31 heavy (non-hydrogen) atoms. The molecule has 0 radical (unpaired) electrons. The number of unbranched alkanes of at least 4 members (excludes halogenated alkanes) is 15. The van der Waals surface area contributed by atoms with Crippen LogP contribution in [0.15, 0.2) is 24.3 Å². The summed E-state index contributed by atoms with van der Waals surface area (Å²) in [5.74, 6) is -0.463. The fourth-order valence-corrected chi connectivity index (χ4v) is 5.42. The molecule has 0 spiro atoms. The highest BCUT2D eigenvalue weighted by molar-refractivity contribution is 7.83. The number of carbonyl (C=O) groups is 2. The average Bonchev–Trinajstić information content (AvgIpc) is 3.03. The summed E-state index contributed by atoms with van der Waals surface area (Å²) in [6.07, 6.45) is 20.6. The number of amides is 2. The van der Waals surface area contributed by atoms with Crippen molar-refractivity contribution < 1.29 is 13.8 Å². The van der Waals surface area contributed by atoms with Crippen molar-refractivity contribution in [1.29, 1.82) is 0 Å². The van der Waals surface area contributed by atoms with Crippen molar-refractivity contribution in [2.75, 3.05) is 5.75 Å². The zero-order chi connectivity index (χ0) is 22.3. The number of carbonyl (C=O) groups excluding carboxylic acids is 2. The van der Waals surface area contributed by atoms with Crippen molar-refractivity contribution in [1.82, 2.24) is 4.31 Å². The Kier molecular flexibility index (Phi) is 12.7. The largest absolute Gasteiger partial charge is 0.273 e. The van der Waals surface area contributed by atoms with Crippen LogP contribution in [0.25, 0.3) is 0 Å². The Morgan fingerprint density at radius 2 is 0.968 bits per heavy atom. The van der Waals surface area contributed by atoms with Gasteiger partial charge in [0.15, 0.2) is 0 Å². The Morgan fingerprint density at radius 1 is 0.613 bits per heavy atom. The standard InChI is InChI=1S/C26H41NO3S/c1-2-3-4-5-6-7-8-9-10-11-12-13-14-15-16-19-22-31(30)27-25(28)23-20-17-18-21-24(23)26(27)29/h17-18,20-21H,2-16,19,22H2,1H3. The SMILES string of the molecule is CCCCCCCCCCCCCCCCCCS(=O)N1C(=O)c2ccccc2C1=O. The highest BCUT2D eigenvalue weighted by Gasteiger charge is 2.38. The molecule has 5 heteroatoms. The summed E-state index contributed by atoms with van der Waals surface area (Å²) in [7, 11) is -1.56. The summed E-state index contributed by atoms with van der Waals surface area (Å²) in [4.78, 5) is 24.7. The zero-order valence-corrected chi connectivity index (χ0v) is 20.2. The van der Waals surface area contributed by atoms with Crippen LogP contribution < -0.4 is 0 Å². The molecule has 1 aromatic rings. The van der Waals surface area contributed by atoms with Gasteiger partial charge in [0.1, 0.15) is 11.0 Å². The normalized spacial score (nSPS) is 14.3. The maximum Gasteiger partial charge on any atom is 0.273 e. The predicted octanol–water partition coefficient (Wildman–Crippen LogP) is 7.21. The lowest BCUT2D eigenvalue weighted by Gasteiger charge is -2.12. The summed E-state index contributed by atoms with van der Waals surface area (Å²) in [5, 5.41) is 0. The van der Waals surface area contributed by atoms with E-state index in [4.69, 9.17) is 0 Å². The lowest BCUT2D eigenvalue weighted by atomic mass is 10.0. The second kappa shape index (κ2) is 15.3. The van der Waals surface area contributed by atoms with E-state index in [1.165, 1.54) is 83.5 Å². The minimum Gasteiger partial charge on any atom is -0.268 e. The number of fused-ring (bicyclic) bond motifs is 1. The van der Waals surface area contributed by atoms with Crippen LogP contribution in [0, 0.1) is 0 Å². The van der Waals surface area contributed by atoms with Gasteiger partial charge in [-0.25, -0.2) is 4.21 Å². The van der Waals surface area contributed by atoms with Crippen molar-refractivity contribution in [3.8, 4) is 0 Å². The third-order valence-electron chi connectivity index (χ3n) is 6.13. The smallest absolute Gasteiger partial charge is 0.268 e. The molecular weight excluding hydrogens is 406 g/mol. The van der Waals surface area contributed by atoms with E-state index in [0.717, 1.165) is 23.6 Å². The molecule has 1 aromatic carbocycles. The van der Waals surface area contributed by atoms with E-state index >= 15 is 0 Å². The van der Waals surface area contributed by atoms with Gasteiger partial charge < -0.3 is 0 Å². The molecule has 0 bridgehead atoms. The van der Waals surface area contributed by atoms with Gasteiger partial charge in [0.05, 0.1) is 11.1 Å². The third kappa shape index (κ3) is 8.88. The molecule has 1 aliphatic heterocycles. The molecule has 0 aliphatic carbocycles. The van der Waals surface area contributed by atoms with Crippen LogP contribution in [-0.2, 0) is 11.0 Å². The van der Waals surface area contributed by atoms with Crippen molar-refractivity contribution >= 4 is 22.8 Å². The van der Waals surface area contributed by atoms with E-state index in [0.29, 0.717) is 16.9 Å². The molecule has 1 aliphatic rings. The van der Waals surface area contributed by atoms with Gasteiger partial charge in [0, 0.05) is 5.75 Å². The molecule has 2 rings (SSSR count). The summed E-state index contributed by atoms with van der Waals surface area (Å²) in [5.41, 5.74) is 0.737. The van der Waals surface area contributed by atoms with E-state index in [9.17, 15) is 13.8 Å². The maximum atomic E-state index is 12.5. The lowest BCUT2D eigenvalue weighted by Crippen LogP contribution is -2.33. The second-order valence-corrected chi connectivity index (χ2v) is 10.2. The Balaban J connectivity index is 1.41. The lowest BCUT2D eigenvalue weighted by molar-refractivity contribution is 0.0771. The summed E-state index contributed by atoms with van der Waals surface area (Å²) in [6, 6.07) is 6.71. The highest BCUT2D eigenvalue weighted by atomic mass is 32.2. The minimum atomic E-state index is -1.56. The van der Waals surface area contributed by atoms with Crippen LogP contribution in [0.4, 0.5) is 0 Å². The Morgan fingerprint density at radius 3 is 1.35 bits per heavy atom. The van der Waals surface area contributed by atoms with Crippen molar-refractivity contribution in [2.45, 2.75) is 110 Å². The van der Waals surface area contributed by atoms with Gasteiger partial charge in [-0.15, -0.1) is 0 Å². The van der Waals surface area contributed by atoms with Gasteiger partial charge >= 0.3 is 0 Å². The molecule has 0 aromatic heterocycles. The average molecular weight is 448 g/mol. The van der Waals surface area contributed by atoms with Crippen LogP contribution in [0.2, 0.25) is 0 Å². The van der Waals surface area contributed by atoms with Gasteiger partial charge in [-0.3, -0.25) is 9.59 Å². The van der Waals surface area contributed by atoms with Crippen molar-refractivity contribution in [3.63, 3.8) is 0 Å². The predicted molar refractivity (Wildman–Crippen MR) is 129 cm³/mol. The first-order valence-electron chi connectivity index (χ1n) is 12.5. The quantitative estimate of drug-likeness (QED) is 0.176. The number of rotatable bonds is 18. The van der Waals surface area contributed by atoms with E-state index in [-0.39, 0.29) is 0 Å². The fraction of sp³-hybridized carbons (Fsp3) is 0.692. The van der Waals surface area contributed by atoms with E-state index in [1.807, 2.05) is 0 Å².